The van der Waals surface area contributed by atoms with E-state index in [1.165, 1.54) is 0 Å². The van der Waals surface area contributed by atoms with E-state index in [0.717, 1.165) is 46.6 Å². The molecule has 0 aliphatic heterocycles. The van der Waals surface area contributed by atoms with E-state index < -0.39 is 0 Å². The van der Waals surface area contributed by atoms with E-state index in [1.807, 2.05) is 72.8 Å². The lowest BCUT2D eigenvalue weighted by Crippen LogP contribution is -1.92. The van der Waals surface area contributed by atoms with Crippen molar-refractivity contribution in [2.45, 2.75) is 0 Å². The normalized spacial score (nSPS) is 10.9. The maximum atomic E-state index is 6.03. The van der Waals surface area contributed by atoms with Crippen LogP contribution in [-0.4, -0.2) is 9.97 Å². The van der Waals surface area contributed by atoms with Crippen LogP contribution in [0, 0.1) is 0 Å². The van der Waals surface area contributed by atoms with Gasteiger partial charge in [-0.05, 0) is 20.3 Å². The van der Waals surface area contributed by atoms with Crippen LogP contribution in [0.25, 0.3) is 33.4 Å². The van der Waals surface area contributed by atoms with Gasteiger partial charge in [-0.15, -0.1) is 0 Å². The fourth-order valence-electron chi connectivity index (χ4n) is 2.54. The first-order valence-corrected chi connectivity index (χ1v) is 9.20. The third kappa shape index (κ3) is 3.61. The van der Waals surface area contributed by atoms with E-state index in [2.05, 4.69) is 12.1 Å². The molecule has 1 heterocycles. The molecular weight excluding hydrogens is 347 g/mol. The molecule has 0 N–H and O–H groups in total. The predicted octanol–water partition coefficient (Wildman–Crippen LogP) is 6.71. The Balaban J connectivity index is 1.90. The molecule has 0 bridgehead atoms. The number of aromatic nitrogens is 2. The van der Waals surface area contributed by atoms with E-state index >= 15 is 0 Å². The highest BCUT2D eigenvalue weighted by atomic mass is 35.5. The molecule has 0 spiro atoms. The molecule has 1 aromatic heterocycles. The molecule has 4 heteroatoms. The first kappa shape index (κ1) is 16.0. The lowest BCUT2D eigenvalue weighted by Gasteiger charge is -2.08. The van der Waals surface area contributed by atoms with Gasteiger partial charge in [0.25, 0.3) is 0 Å². The number of hydrogen-bond donors (Lipinski definition) is 0. The van der Waals surface area contributed by atoms with E-state index in [1.54, 1.807) is 0 Å². The Morgan fingerprint density at radius 1 is 0.560 bits per heavy atom. The van der Waals surface area contributed by atoms with Crippen LogP contribution >= 0.6 is 19.8 Å². The molecule has 0 saturated heterocycles. The molecule has 4 rings (SSSR count). The van der Waals surface area contributed by atoms with Gasteiger partial charge in [0.15, 0.2) is 5.82 Å². The lowest BCUT2D eigenvalue weighted by atomic mass is 10.2. The van der Waals surface area contributed by atoms with Crippen LogP contribution in [0.4, 0.5) is 0 Å². The molecule has 2 nitrogen and oxygen atoms in total. The van der Waals surface area contributed by atoms with Crippen molar-refractivity contribution < 1.29 is 0 Å². The Kier molecular flexibility index (Phi) is 4.56. The van der Waals surface area contributed by atoms with Crippen molar-refractivity contribution in [1.82, 2.24) is 9.97 Å². The largest absolute Gasteiger partial charge is 0.223 e. The van der Waals surface area contributed by atoms with Crippen molar-refractivity contribution >= 4 is 19.8 Å². The minimum absolute atomic E-state index is 0.723. The number of benzene rings is 3. The minimum Gasteiger partial charge on any atom is -0.223 e. The Morgan fingerprint density at radius 3 is 1.60 bits per heavy atom. The van der Waals surface area contributed by atoms with Crippen LogP contribution in [-0.2, 0) is 0 Å². The van der Waals surface area contributed by atoms with Gasteiger partial charge >= 0.3 is 0 Å². The summed E-state index contributed by atoms with van der Waals surface area (Å²) in [5, 5.41) is 0.723. The van der Waals surface area contributed by atoms with E-state index in [9.17, 15) is 0 Å². The molecule has 0 fully saturated rings. The lowest BCUT2D eigenvalue weighted by molar-refractivity contribution is 1.23. The van der Waals surface area contributed by atoms with Crippen molar-refractivity contribution in [1.29, 1.82) is 0 Å². The van der Waals surface area contributed by atoms with Gasteiger partial charge in [-0.3, -0.25) is 0 Å². The zero-order valence-electron chi connectivity index (χ0n) is 13.3. The SMILES string of the molecule is Clc1ccc(-c2nc(-c3ccccc3)nc(-c3ccccc3)p2)cc1. The Morgan fingerprint density at radius 2 is 1.04 bits per heavy atom. The van der Waals surface area contributed by atoms with Gasteiger partial charge in [0.2, 0.25) is 0 Å². The summed E-state index contributed by atoms with van der Waals surface area (Å²) in [7, 11) is 0.990. The third-order valence-electron chi connectivity index (χ3n) is 3.80. The van der Waals surface area contributed by atoms with Gasteiger partial charge < -0.3 is 0 Å². The standard InChI is InChI=1S/C21H14ClN2P/c22-18-13-11-17(12-14-18)21-24-19(15-7-3-1-4-8-15)23-20(25-21)16-9-5-2-6-10-16/h1-14H. The van der Waals surface area contributed by atoms with Crippen LogP contribution in [0.1, 0.15) is 0 Å². The van der Waals surface area contributed by atoms with E-state index in [0.29, 0.717) is 0 Å². The summed E-state index contributed by atoms with van der Waals surface area (Å²) in [4.78, 5) is 9.64. The molecule has 0 aliphatic carbocycles. The fraction of sp³-hybridized carbons (Fsp3) is 0. The van der Waals surface area contributed by atoms with Gasteiger partial charge in [-0.25, -0.2) is 9.97 Å². The molecule has 0 amide bonds. The monoisotopic (exact) mass is 360 g/mol. The van der Waals surface area contributed by atoms with E-state index in [-0.39, 0.29) is 0 Å². The fourth-order valence-corrected chi connectivity index (χ4v) is 3.71. The summed E-state index contributed by atoms with van der Waals surface area (Å²) in [5.41, 5.74) is 5.16. The maximum absolute atomic E-state index is 6.03. The third-order valence-corrected chi connectivity index (χ3v) is 5.19. The molecular formula is C21H14ClN2P. The smallest absolute Gasteiger partial charge is 0.161 e. The Bertz CT molecular complexity index is 930. The molecule has 0 saturated carbocycles. The zero-order chi connectivity index (χ0) is 17.1. The number of nitrogens with zero attached hydrogens (tertiary/aromatic N) is 2. The molecule has 4 aromatic rings. The van der Waals surface area contributed by atoms with Gasteiger partial charge in [0.1, 0.15) is 10.9 Å². The molecule has 0 radical (unpaired) electrons. The summed E-state index contributed by atoms with van der Waals surface area (Å²) in [6.07, 6.45) is 0. The van der Waals surface area contributed by atoms with Gasteiger partial charge in [-0.1, -0.05) is 84.4 Å². The maximum Gasteiger partial charge on any atom is 0.161 e. The summed E-state index contributed by atoms with van der Waals surface area (Å²) < 4.78 is 0. The van der Waals surface area contributed by atoms with Gasteiger partial charge in [0, 0.05) is 21.7 Å². The van der Waals surface area contributed by atoms with Crippen LogP contribution in [0.3, 0.4) is 0 Å². The van der Waals surface area contributed by atoms with E-state index in [4.69, 9.17) is 21.6 Å². The molecule has 120 valence electrons. The van der Waals surface area contributed by atoms with Crippen LogP contribution in [0.15, 0.2) is 84.9 Å². The number of halogens is 1. The molecule has 0 aliphatic rings. The number of rotatable bonds is 3. The zero-order valence-corrected chi connectivity index (χ0v) is 15.0. The summed E-state index contributed by atoms with van der Waals surface area (Å²) in [6, 6.07) is 28.1. The van der Waals surface area contributed by atoms with Gasteiger partial charge in [-0.2, -0.15) is 0 Å². The Hall–Kier alpha value is -2.54. The van der Waals surface area contributed by atoms with Crippen LogP contribution in [0.2, 0.25) is 5.02 Å². The molecule has 0 unspecified atom stereocenters. The average molecular weight is 361 g/mol. The summed E-state index contributed by atoms with van der Waals surface area (Å²) in [6.45, 7) is 0. The highest BCUT2D eigenvalue weighted by Gasteiger charge is 2.10. The van der Waals surface area contributed by atoms with Crippen molar-refractivity contribution in [2.24, 2.45) is 0 Å². The summed E-state index contributed by atoms with van der Waals surface area (Å²) in [5.74, 6) is 0.739. The second-order valence-corrected chi connectivity index (χ2v) is 7.05. The summed E-state index contributed by atoms with van der Waals surface area (Å²) >= 11 is 6.03. The average Bonchev–Trinajstić information content (AvgIpc) is 2.69. The first-order valence-electron chi connectivity index (χ1n) is 7.92. The van der Waals surface area contributed by atoms with Gasteiger partial charge in [0.05, 0.1) is 0 Å². The van der Waals surface area contributed by atoms with Crippen molar-refractivity contribution in [3.05, 3.63) is 90.0 Å². The van der Waals surface area contributed by atoms with Crippen LogP contribution in [0.5, 0.6) is 0 Å². The topological polar surface area (TPSA) is 25.8 Å². The van der Waals surface area contributed by atoms with Crippen molar-refractivity contribution in [3.8, 4) is 33.4 Å². The highest BCUT2D eigenvalue weighted by Crippen LogP contribution is 2.36. The minimum atomic E-state index is 0.723. The predicted molar refractivity (Wildman–Crippen MR) is 106 cm³/mol. The first-order chi connectivity index (χ1) is 12.3. The molecule has 3 aromatic carbocycles. The highest BCUT2D eigenvalue weighted by molar-refractivity contribution is 7.37. The molecule has 25 heavy (non-hydrogen) atoms. The van der Waals surface area contributed by atoms with Crippen molar-refractivity contribution in [2.75, 3.05) is 0 Å². The second-order valence-electron chi connectivity index (χ2n) is 5.55. The van der Waals surface area contributed by atoms with Crippen LogP contribution < -0.4 is 0 Å². The second kappa shape index (κ2) is 7.14. The molecule has 0 atom stereocenters. The van der Waals surface area contributed by atoms with Crippen molar-refractivity contribution in [3.63, 3.8) is 0 Å². The quantitative estimate of drug-likeness (QED) is 0.405. The Labute approximate surface area is 153 Å². The number of hydrogen-bond acceptors (Lipinski definition) is 2.